The van der Waals surface area contributed by atoms with Gasteiger partial charge in [0.05, 0.1) is 25.2 Å². The van der Waals surface area contributed by atoms with Crippen LogP contribution in [0.5, 0.6) is 0 Å². The minimum atomic E-state index is -1.55. The first-order valence-corrected chi connectivity index (χ1v) is 19.7. The van der Waals surface area contributed by atoms with Gasteiger partial charge in [0.25, 0.3) is 0 Å². The molecular formula is C38H75NO8. The maximum atomic E-state index is 13.3. The number of ether oxygens (including phenoxy) is 2. The van der Waals surface area contributed by atoms with Crippen molar-refractivity contribution in [1.82, 2.24) is 0 Å². The van der Waals surface area contributed by atoms with Gasteiger partial charge >= 0.3 is 0 Å². The Morgan fingerprint density at radius 3 is 1.57 bits per heavy atom. The highest BCUT2D eigenvalue weighted by atomic mass is 16.7. The average Bonchev–Trinajstić information content (AvgIpc) is 3.07. The Balaban J connectivity index is 2.41. The Hall–Kier alpha value is -0.650. The molecule has 9 heteroatoms. The molecule has 0 bridgehead atoms. The molecule has 0 spiro atoms. The molecule has 1 aliphatic heterocycles. The lowest BCUT2D eigenvalue weighted by atomic mass is 9.90. The molecule has 1 saturated heterocycles. The summed E-state index contributed by atoms with van der Waals surface area (Å²) in [6.07, 6.45) is 21.8. The third-order valence-electron chi connectivity index (χ3n) is 9.90. The molecule has 1 fully saturated rings. The van der Waals surface area contributed by atoms with E-state index in [4.69, 9.17) is 15.2 Å². The van der Waals surface area contributed by atoms with Gasteiger partial charge in [-0.3, -0.25) is 4.79 Å². The molecule has 7 N–H and O–H groups in total. The van der Waals surface area contributed by atoms with E-state index < -0.39 is 49.3 Å². The molecule has 280 valence electrons. The molecule has 0 aliphatic carbocycles. The molecule has 1 aliphatic rings. The molecule has 1 heterocycles. The Morgan fingerprint density at radius 2 is 1.11 bits per heavy atom. The van der Waals surface area contributed by atoms with E-state index >= 15 is 0 Å². The summed E-state index contributed by atoms with van der Waals surface area (Å²) in [7, 11) is 0. The molecule has 0 unspecified atom stereocenters. The van der Waals surface area contributed by atoms with Crippen molar-refractivity contribution in [3.63, 3.8) is 0 Å². The van der Waals surface area contributed by atoms with Gasteiger partial charge in [0, 0.05) is 6.42 Å². The fourth-order valence-corrected chi connectivity index (χ4v) is 6.61. The quantitative estimate of drug-likeness (QED) is 0.0429. The van der Waals surface area contributed by atoms with Crippen LogP contribution in [0.25, 0.3) is 0 Å². The molecule has 0 aromatic carbocycles. The monoisotopic (exact) mass is 674 g/mol. The van der Waals surface area contributed by atoms with Gasteiger partial charge in [-0.15, -0.1) is 0 Å². The first-order chi connectivity index (χ1) is 22.9. The molecule has 7 atom stereocenters. The van der Waals surface area contributed by atoms with Gasteiger partial charge < -0.3 is 40.7 Å². The number of carbonyl (C=O) groups is 1. The van der Waals surface area contributed by atoms with Crippen LogP contribution in [0, 0.1) is 5.92 Å². The van der Waals surface area contributed by atoms with Crippen molar-refractivity contribution in [1.29, 1.82) is 0 Å². The van der Waals surface area contributed by atoms with Crippen LogP contribution in [0.3, 0.4) is 0 Å². The maximum Gasteiger partial charge on any atom is 0.186 e. The van der Waals surface area contributed by atoms with Gasteiger partial charge in [0.2, 0.25) is 0 Å². The zero-order chi connectivity index (χ0) is 34.5. The Morgan fingerprint density at radius 1 is 0.660 bits per heavy atom. The topological polar surface area (TPSA) is 163 Å². The first kappa shape index (κ1) is 44.4. The molecule has 47 heavy (non-hydrogen) atoms. The lowest BCUT2D eigenvalue weighted by Gasteiger charge is -2.40. The smallest absolute Gasteiger partial charge is 0.186 e. The average molecular weight is 674 g/mol. The van der Waals surface area contributed by atoms with Gasteiger partial charge in [-0.25, -0.2) is 0 Å². The van der Waals surface area contributed by atoms with E-state index in [1.807, 2.05) is 0 Å². The highest BCUT2D eigenvalue weighted by molar-refractivity contribution is 5.81. The molecule has 0 saturated carbocycles. The lowest BCUT2D eigenvalue weighted by molar-refractivity contribution is -0.303. The van der Waals surface area contributed by atoms with E-state index in [9.17, 15) is 30.3 Å². The SMILES string of the molecule is CCCCCCCCCCCCCC(=O)[C@@H](CO[C@H]1O[C@H](CO)[C@@H](O)[C@H](O)[C@H]1O)[C@@H](O)CCCCCCCCCCCCCCCN. The molecular weight excluding hydrogens is 598 g/mol. The van der Waals surface area contributed by atoms with Crippen molar-refractivity contribution in [3.8, 4) is 0 Å². The van der Waals surface area contributed by atoms with E-state index in [1.54, 1.807) is 0 Å². The van der Waals surface area contributed by atoms with E-state index in [0.29, 0.717) is 12.8 Å². The van der Waals surface area contributed by atoms with Gasteiger partial charge in [-0.2, -0.15) is 0 Å². The summed E-state index contributed by atoms with van der Waals surface area (Å²) >= 11 is 0. The molecule has 0 radical (unpaired) electrons. The van der Waals surface area contributed by atoms with E-state index in [2.05, 4.69) is 6.92 Å². The third-order valence-corrected chi connectivity index (χ3v) is 9.90. The summed E-state index contributed by atoms with van der Waals surface area (Å²) in [5.74, 6) is -0.821. The van der Waals surface area contributed by atoms with Gasteiger partial charge in [0.15, 0.2) is 6.29 Å². The van der Waals surface area contributed by atoms with Crippen molar-refractivity contribution >= 4 is 5.78 Å². The first-order valence-electron chi connectivity index (χ1n) is 19.7. The summed E-state index contributed by atoms with van der Waals surface area (Å²) in [6.45, 7) is 2.33. The standard InChI is InChI=1S/C38H75NO8/c1-2-3-4-5-6-7-11-14-17-20-23-26-32(41)31(30-46-38-37(45)36(44)35(43)34(29-40)47-38)33(42)27-24-21-18-15-12-9-8-10-13-16-19-22-25-28-39/h31,33-38,40,42-45H,2-30,39H2,1H3/t31-,33+,34-,35-,36+,37-,38+/m1/s1. The fourth-order valence-electron chi connectivity index (χ4n) is 6.61. The van der Waals surface area contributed by atoms with Crippen molar-refractivity contribution in [2.45, 2.75) is 211 Å². The van der Waals surface area contributed by atoms with Crippen LogP contribution < -0.4 is 5.73 Å². The molecule has 0 aromatic heterocycles. The predicted molar refractivity (Wildman–Crippen MR) is 189 cm³/mol. The van der Waals surface area contributed by atoms with Crippen molar-refractivity contribution < 1.29 is 39.8 Å². The number of nitrogens with two attached hydrogens (primary N) is 1. The highest BCUT2D eigenvalue weighted by Gasteiger charge is 2.44. The summed E-state index contributed by atoms with van der Waals surface area (Å²) in [6, 6.07) is 0. The van der Waals surface area contributed by atoms with Crippen LogP contribution in [0.4, 0.5) is 0 Å². The molecule has 0 aromatic rings. The lowest BCUT2D eigenvalue weighted by Crippen LogP contribution is -2.59. The number of ketones is 1. The second kappa shape index (κ2) is 30.2. The number of aliphatic hydroxyl groups is 5. The third kappa shape index (κ3) is 21.2. The van der Waals surface area contributed by atoms with Crippen molar-refractivity contribution in [3.05, 3.63) is 0 Å². The highest BCUT2D eigenvalue weighted by Crippen LogP contribution is 2.25. The summed E-state index contributed by atoms with van der Waals surface area (Å²) in [4.78, 5) is 13.3. The fraction of sp³-hybridized carbons (Fsp3) is 0.974. The number of rotatable bonds is 33. The van der Waals surface area contributed by atoms with Crippen molar-refractivity contribution in [2.24, 2.45) is 11.7 Å². The minimum Gasteiger partial charge on any atom is -0.394 e. The second-order valence-corrected chi connectivity index (χ2v) is 14.1. The van der Waals surface area contributed by atoms with Crippen LogP contribution in [0.15, 0.2) is 0 Å². The van der Waals surface area contributed by atoms with Gasteiger partial charge in [-0.05, 0) is 25.8 Å². The van der Waals surface area contributed by atoms with Crippen LogP contribution >= 0.6 is 0 Å². The summed E-state index contributed by atoms with van der Waals surface area (Å²) in [5.41, 5.74) is 5.55. The zero-order valence-electron chi connectivity index (χ0n) is 30.1. The van der Waals surface area contributed by atoms with E-state index in [-0.39, 0.29) is 12.4 Å². The second-order valence-electron chi connectivity index (χ2n) is 14.1. The normalized spacial score (nSPS) is 22.8. The van der Waals surface area contributed by atoms with Crippen LogP contribution in [-0.2, 0) is 14.3 Å². The number of Topliss-reactive ketones (excluding diaryl/α,β-unsaturated/α-hetero) is 1. The predicted octanol–water partition coefficient (Wildman–Crippen LogP) is 6.47. The van der Waals surface area contributed by atoms with Crippen LogP contribution in [0.2, 0.25) is 0 Å². The van der Waals surface area contributed by atoms with Crippen LogP contribution in [-0.4, -0.2) is 87.9 Å². The molecule has 9 nitrogen and oxygen atoms in total. The number of hydrogen-bond donors (Lipinski definition) is 6. The zero-order valence-corrected chi connectivity index (χ0v) is 30.1. The number of unbranched alkanes of at least 4 members (excludes halogenated alkanes) is 22. The molecule has 0 amide bonds. The van der Waals surface area contributed by atoms with Crippen LogP contribution in [0.1, 0.15) is 174 Å². The Bertz CT molecular complexity index is 711. The summed E-state index contributed by atoms with van der Waals surface area (Å²) < 4.78 is 11.2. The Kier molecular flexibility index (Phi) is 28.5. The number of carbonyl (C=O) groups excluding carboxylic acids is 1. The number of aliphatic hydroxyl groups excluding tert-OH is 5. The maximum absolute atomic E-state index is 13.3. The largest absolute Gasteiger partial charge is 0.394 e. The number of hydrogen-bond acceptors (Lipinski definition) is 9. The van der Waals surface area contributed by atoms with Gasteiger partial charge in [0.1, 0.15) is 30.2 Å². The van der Waals surface area contributed by atoms with Crippen molar-refractivity contribution in [2.75, 3.05) is 19.8 Å². The minimum absolute atomic E-state index is 0.0580. The summed E-state index contributed by atoms with van der Waals surface area (Å²) in [5, 5.41) is 51.2. The van der Waals surface area contributed by atoms with E-state index in [0.717, 1.165) is 51.5 Å². The van der Waals surface area contributed by atoms with E-state index in [1.165, 1.54) is 109 Å². The Labute approximate surface area is 287 Å². The molecule has 1 rings (SSSR count). The van der Waals surface area contributed by atoms with Gasteiger partial charge in [-0.1, -0.05) is 148 Å².